The minimum atomic E-state index is -0.632. The zero-order valence-corrected chi connectivity index (χ0v) is 15.1. The zero-order chi connectivity index (χ0) is 19.4. The first-order valence-corrected chi connectivity index (χ1v) is 8.71. The Morgan fingerprint density at radius 1 is 1.30 bits per heavy atom. The molecular formula is C20H21F2N3O2. The molecule has 1 aliphatic heterocycles. The lowest BCUT2D eigenvalue weighted by molar-refractivity contribution is -0.115. The van der Waals surface area contributed by atoms with E-state index in [0.717, 1.165) is 6.42 Å². The maximum Gasteiger partial charge on any atom is 0.237 e. The summed E-state index contributed by atoms with van der Waals surface area (Å²) in [7, 11) is 1.60. The van der Waals surface area contributed by atoms with Crippen molar-refractivity contribution in [3.8, 4) is 0 Å². The Balaban J connectivity index is 1.75. The van der Waals surface area contributed by atoms with Crippen LogP contribution in [0.15, 0.2) is 41.4 Å². The maximum atomic E-state index is 14.3. The Morgan fingerprint density at radius 2 is 2.11 bits per heavy atom. The van der Waals surface area contributed by atoms with E-state index < -0.39 is 17.6 Å². The van der Waals surface area contributed by atoms with Crippen molar-refractivity contribution in [1.29, 1.82) is 0 Å². The van der Waals surface area contributed by atoms with Gasteiger partial charge in [0.1, 0.15) is 17.6 Å². The van der Waals surface area contributed by atoms with Crippen molar-refractivity contribution in [1.82, 2.24) is 0 Å². The number of hydrogen-bond donors (Lipinski definition) is 2. The molecule has 2 N–H and O–H groups in total. The molecule has 0 bridgehead atoms. The lowest BCUT2D eigenvalue weighted by atomic mass is 10.0. The van der Waals surface area contributed by atoms with Gasteiger partial charge in [0.25, 0.3) is 0 Å². The van der Waals surface area contributed by atoms with E-state index in [-0.39, 0.29) is 11.9 Å². The van der Waals surface area contributed by atoms with Crippen LogP contribution in [0, 0.1) is 11.6 Å². The number of nitrogens with one attached hydrogen (secondary N) is 2. The van der Waals surface area contributed by atoms with Crippen LogP contribution in [-0.4, -0.2) is 31.9 Å². The van der Waals surface area contributed by atoms with Crippen LogP contribution < -0.4 is 10.6 Å². The lowest BCUT2D eigenvalue weighted by Gasteiger charge is -2.17. The number of aliphatic imine (C=N–C) groups is 1. The lowest BCUT2D eigenvalue weighted by Crippen LogP contribution is -2.24. The number of hydrogen-bond acceptors (Lipinski definition) is 4. The number of methoxy groups -OCH3 is 1. The average molecular weight is 373 g/mol. The second kappa shape index (κ2) is 8.26. The number of carbonyl (C=O) groups is 1. The van der Waals surface area contributed by atoms with Gasteiger partial charge in [-0.05, 0) is 36.2 Å². The molecule has 142 valence electrons. The van der Waals surface area contributed by atoms with Crippen molar-refractivity contribution in [3.63, 3.8) is 0 Å². The molecule has 2 atom stereocenters. The molecule has 3 rings (SSSR count). The van der Waals surface area contributed by atoms with Gasteiger partial charge in [0, 0.05) is 31.1 Å². The Morgan fingerprint density at radius 3 is 2.81 bits per heavy atom. The van der Waals surface area contributed by atoms with Gasteiger partial charge in [-0.15, -0.1) is 0 Å². The number of amides is 1. The quantitative estimate of drug-likeness (QED) is 0.714. The monoisotopic (exact) mass is 373 g/mol. The first kappa shape index (κ1) is 19.0. The summed E-state index contributed by atoms with van der Waals surface area (Å²) < 4.78 is 32.7. The van der Waals surface area contributed by atoms with E-state index in [2.05, 4.69) is 15.6 Å². The molecule has 5 nitrogen and oxygen atoms in total. The first-order chi connectivity index (χ1) is 13.0. The topological polar surface area (TPSA) is 62.7 Å². The molecule has 7 heteroatoms. The second-order valence-corrected chi connectivity index (χ2v) is 6.35. The SMILES string of the molecule is CCC(COC)Nc1ccc(N=CC2C(=O)Nc3cc(F)ccc32)cc1F. The minimum Gasteiger partial charge on any atom is -0.383 e. The molecule has 2 unspecified atom stereocenters. The van der Waals surface area contributed by atoms with Crippen LogP contribution in [0.1, 0.15) is 24.8 Å². The molecule has 0 aliphatic carbocycles. The highest BCUT2D eigenvalue weighted by atomic mass is 19.1. The molecule has 0 aromatic heterocycles. The maximum absolute atomic E-state index is 14.3. The summed E-state index contributed by atoms with van der Waals surface area (Å²) in [6.07, 6.45) is 2.24. The zero-order valence-electron chi connectivity index (χ0n) is 15.1. The number of carbonyl (C=O) groups excluding carboxylic acids is 1. The van der Waals surface area contributed by atoms with Gasteiger partial charge in [0.05, 0.1) is 18.0 Å². The van der Waals surface area contributed by atoms with Gasteiger partial charge in [-0.1, -0.05) is 13.0 Å². The third-order valence-corrected chi connectivity index (χ3v) is 4.44. The van der Waals surface area contributed by atoms with Crippen LogP contribution in [0.25, 0.3) is 0 Å². The highest BCUT2D eigenvalue weighted by Crippen LogP contribution is 2.32. The van der Waals surface area contributed by atoms with Crippen LogP contribution in [0.4, 0.5) is 25.8 Å². The number of benzene rings is 2. The number of nitrogens with zero attached hydrogens (tertiary/aromatic N) is 1. The Labute approximate surface area is 156 Å². The summed E-state index contributed by atoms with van der Waals surface area (Å²) in [4.78, 5) is 16.3. The van der Waals surface area contributed by atoms with Crippen LogP contribution in [-0.2, 0) is 9.53 Å². The molecule has 2 aromatic carbocycles. The predicted octanol–water partition coefficient (Wildman–Crippen LogP) is 4.24. The van der Waals surface area contributed by atoms with E-state index in [9.17, 15) is 13.6 Å². The van der Waals surface area contributed by atoms with Gasteiger partial charge in [0.2, 0.25) is 5.91 Å². The van der Waals surface area contributed by atoms with Crippen LogP contribution >= 0.6 is 0 Å². The van der Waals surface area contributed by atoms with Crippen molar-refractivity contribution < 1.29 is 18.3 Å². The summed E-state index contributed by atoms with van der Waals surface area (Å²) >= 11 is 0. The molecule has 27 heavy (non-hydrogen) atoms. The van der Waals surface area contributed by atoms with Crippen molar-refractivity contribution in [2.75, 3.05) is 24.4 Å². The normalized spacial score (nSPS) is 17.0. The molecule has 2 aromatic rings. The van der Waals surface area contributed by atoms with Crippen molar-refractivity contribution in [3.05, 3.63) is 53.6 Å². The minimum absolute atomic E-state index is 0.0120. The molecule has 0 saturated heterocycles. The van der Waals surface area contributed by atoms with E-state index in [1.54, 1.807) is 25.3 Å². The standard InChI is InChI=1S/C20H21F2N3O2/c1-3-13(11-27-2)24-18-7-5-14(9-17(18)22)23-10-16-15-6-4-12(21)8-19(15)25-20(16)26/h4-10,13,16,24H,3,11H2,1-2H3,(H,25,26). The fourth-order valence-corrected chi connectivity index (χ4v) is 2.95. The molecule has 0 radical (unpaired) electrons. The van der Waals surface area contributed by atoms with Gasteiger partial charge < -0.3 is 15.4 Å². The molecule has 1 heterocycles. The van der Waals surface area contributed by atoms with Crippen LogP contribution in [0.3, 0.4) is 0 Å². The smallest absolute Gasteiger partial charge is 0.237 e. The molecule has 0 spiro atoms. The second-order valence-electron chi connectivity index (χ2n) is 6.35. The fourth-order valence-electron chi connectivity index (χ4n) is 2.95. The fraction of sp³-hybridized carbons (Fsp3) is 0.300. The van der Waals surface area contributed by atoms with Gasteiger partial charge in [0.15, 0.2) is 0 Å². The average Bonchev–Trinajstić information content (AvgIpc) is 2.95. The highest BCUT2D eigenvalue weighted by Gasteiger charge is 2.29. The van der Waals surface area contributed by atoms with Gasteiger partial charge in [-0.25, -0.2) is 8.78 Å². The number of halogens is 2. The number of anilines is 2. The van der Waals surface area contributed by atoms with Crippen molar-refractivity contribution in [2.24, 2.45) is 4.99 Å². The summed E-state index contributed by atoms with van der Waals surface area (Å²) in [6, 6.07) is 8.70. The van der Waals surface area contributed by atoms with Crippen LogP contribution in [0.2, 0.25) is 0 Å². The number of rotatable bonds is 7. The third-order valence-electron chi connectivity index (χ3n) is 4.44. The van der Waals surface area contributed by atoms with E-state index in [1.165, 1.54) is 24.4 Å². The Kier molecular flexibility index (Phi) is 5.81. The van der Waals surface area contributed by atoms with Gasteiger partial charge in [-0.2, -0.15) is 0 Å². The van der Waals surface area contributed by atoms with Crippen LogP contribution in [0.5, 0.6) is 0 Å². The summed E-state index contributed by atoms with van der Waals surface area (Å²) in [5.74, 6) is -1.77. The Hall–Kier alpha value is -2.80. The largest absolute Gasteiger partial charge is 0.383 e. The molecule has 1 aliphatic rings. The molecule has 1 amide bonds. The van der Waals surface area contributed by atoms with Gasteiger partial charge in [-0.3, -0.25) is 9.79 Å². The predicted molar refractivity (Wildman–Crippen MR) is 102 cm³/mol. The van der Waals surface area contributed by atoms with Gasteiger partial charge >= 0.3 is 0 Å². The van der Waals surface area contributed by atoms with E-state index in [1.807, 2.05) is 6.92 Å². The number of ether oxygens (including phenoxy) is 1. The highest BCUT2D eigenvalue weighted by molar-refractivity contribution is 6.12. The molecular weight excluding hydrogens is 352 g/mol. The summed E-state index contributed by atoms with van der Waals surface area (Å²) in [5.41, 5.74) is 1.85. The first-order valence-electron chi connectivity index (χ1n) is 8.71. The number of fused-ring (bicyclic) bond motifs is 1. The molecule has 0 saturated carbocycles. The summed E-state index contributed by atoms with van der Waals surface area (Å²) in [6.45, 7) is 2.47. The van der Waals surface area contributed by atoms with E-state index >= 15 is 0 Å². The third kappa shape index (κ3) is 4.31. The van der Waals surface area contributed by atoms with Crippen molar-refractivity contribution in [2.45, 2.75) is 25.3 Å². The van der Waals surface area contributed by atoms with E-state index in [0.29, 0.717) is 29.2 Å². The Bertz CT molecular complexity index is 870. The van der Waals surface area contributed by atoms with Crippen molar-refractivity contribution >= 4 is 29.2 Å². The van der Waals surface area contributed by atoms with E-state index in [4.69, 9.17) is 4.74 Å². The summed E-state index contributed by atoms with van der Waals surface area (Å²) in [5, 5.41) is 5.72. The molecule has 0 fully saturated rings.